The highest BCUT2D eigenvalue weighted by molar-refractivity contribution is 6.40. The van der Waals surface area contributed by atoms with Crippen LogP contribution in [0.15, 0.2) is 48.5 Å². The molecule has 4 rings (SSSR count). The molecular formula is C28H26Cl2F3N3O5. The van der Waals surface area contributed by atoms with Crippen LogP contribution in [-0.4, -0.2) is 35.4 Å². The number of urea groups is 1. The van der Waals surface area contributed by atoms with Crippen molar-refractivity contribution in [3.05, 3.63) is 64.1 Å². The number of carbonyl (C=O) groups excluding carboxylic acids is 2. The summed E-state index contributed by atoms with van der Waals surface area (Å²) >= 11 is 12.1. The summed E-state index contributed by atoms with van der Waals surface area (Å²) in [5.74, 6) is -2.53. The molecule has 1 fully saturated rings. The van der Waals surface area contributed by atoms with Crippen molar-refractivity contribution in [1.82, 2.24) is 5.32 Å². The molecule has 1 saturated carbocycles. The predicted octanol–water partition coefficient (Wildman–Crippen LogP) is 7.84. The van der Waals surface area contributed by atoms with Crippen LogP contribution in [0, 0.1) is 5.41 Å². The Bertz CT molecular complexity index is 1470. The maximum absolute atomic E-state index is 13.5. The molecule has 3 aromatic carbocycles. The van der Waals surface area contributed by atoms with Crippen LogP contribution in [0.2, 0.25) is 10.0 Å². The summed E-state index contributed by atoms with van der Waals surface area (Å²) in [7, 11) is 0. The fourth-order valence-electron chi connectivity index (χ4n) is 5.05. The van der Waals surface area contributed by atoms with E-state index < -0.39 is 41.5 Å². The van der Waals surface area contributed by atoms with Gasteiger partial charge < -0.3 is 25.8 Å². The Labute approximate surface area is 243 Å². The standard InChI is InChI=1S/C28H26Cl2F3N3O5/c1-27(9-5-2-6-10-27)23(25(38)39)36-24(37)18-11-15-7-3-4-8-16(15)12-21(18)34-26(40)35-22-19(29)13-17(14-20(22)30)41-28(31,32)33/h3-4,7-8,11-14,23H,2,5-6,9-10H2,1H3,(H,36,37)(H,38,39)(H2,34,35,40)/t23-/m1/s1. The third-order valence-corrected chi connectivity index (χ3v) is 7.68. The lowest BCUT2D eigenvalue weighted by molar-refractivity contribution is -0.274. The molecule has 13 heteroatoms. The summed E-state index contributed by atoms with van der Waals surface area (Å²) < 4.78 is 41.5. The second-order valence-electron chi connectivity index (χ2n) is 10.1. The molecule has 0 bridgehead atoms. The quantitative estimate of drug-likeness (QED) is 0.217. The van der Waals surface area contributed by atoms with Crippen LogP contribution in [0.25, 0.3) is 10.8 Å². The Balaban J connectivity index is 1.62. The van der Waals surface area contributed by atoms with E-state index in [-0.39, 0.29) is 27.0 Å². The number of carboxylic acids is 1. The van der Waals surface area contributed by atoms with Gasteiger partial charge in [-0.05, 0) is 41.2 Å². The number of ether oxygens (including phenoxy) is 1. The van der Waals surface area contributed by atoms with E-state index in [4.69, 9.17) is 23.2 Å². The SMILES string of the molecule is CC1([C@H](NC(=O)c2cc3ccccc3cc2NC(=O)Nc2c(Cl)cc(OC(F)(F)F)cc2Cl)C(=O)O)CCCCC1. The Hall–Kier alpha value is -3.70. The van der Waals surface area contributed by atoms with E-state index in [0.717, 1.165) is 31.4 Å². The topological polar surface area (TPSA) is 117 Å². The number of fused-ring (bicyclic) bond motifs is 1. The number of alkyl halides is 3. The fraction of sp³-hybridized carbons (Fsp3) is 0.321. The highest BCUT2D eigenvalue weighted by Crippen LogP contribution is 2.40. The number of hydrogen-bond acceptors (Lipinski definition) is 4. The summed E-state index contributed by atoms with van der Waals surface area (Å²) in [6, 6.07) is 9.75. The van der Waals surface area contributed by atoms with E-state index in [1.807, 2.05) is 6.92 Å². The molecule has 0 radical (unpaired) electrons. The second-order valence-corrected chi connectivity index (χ2v) is 10.9. The van der Waals surface area contributed by atoms with E-state index in [2.05, 4.69) is 20.7 Å². The van der Waals surface area contributed by atoms with Crippen molar-refractivity contribution >= 4 is 63.3 Å². The van der Waals surface area contributed by atoms with Gasteiger partial charge in [-0.2, -0.15) is 0 Å². The summed E-state index contributed by atoms with van der Waals surface area (Å²) in [6.45, 7) is 1.84. The van der Waals surface area contributed by atoms with Gasteiger partial charge in [-0.3, -0.25) is 4.79 Å². The number of benzene rings is 3. The average Bonchev–Trinajstić information content (AvgIpc) is 2.88. The van der Waals surface area contributed by atoms with Gasteiger partial charge in [0.25, 0.3) is 5.91 Å². The maximum Gasteiger partial charge on any atom is 0.573 e. The van der Waals surface area contributed by atoms with E-state index in [1.165, 1.54) is 6.07 Å². The lowest BCUT2D eigenvalue weighted by atomic mass is 9.70. The van der Waals surface area contributed by atoms with Crippen molar-refractivity contribution in [1.29, 1.82) is 0 Å². The molecule has 0 aliphatic heterocycles. The van der Waals surface area contributed by atoms with Gasteiger partial charge in [0, 0.05) is 12.1 Å². The molecule has 0 aromatic heterocycles. The molecule has 0 saturated heterocycles. The first-order valence-corrected chi connectivity index (χ1v) is 13.4. The van der Waals surface area contributed by atoms with Crippen LogP contribution in [0.3, 0.4) is 0 Å². The Kier molecular flexibility index (Phi) is 8.89. The number of anilines is 2. The van der Waals surface area contributed by atoms with Crippen molar-refractivity contribution in [2.75, 3.05) is 10.6 Å². The number of carbonyl (C=O) groups is 3. The monoisotopic (exact) mass is 611 g/mol. The maximum atomic E-state index is 13.5. The Morgan fingerprint density at radius 2 is 1.54 bits per heavy atom. The van der Waals surface area contributed by atoms with Gasteiger partial charge in [-0.15, -0.1) is 13.2 Å². The van der Waals surface area contributed by atoms with Crippen LogP contribution < -0.4 is 20.7 Å². The van der Waals surface area contributed by atoms with E-state index in [0.29, 0.717) is 23.6 Å². The molecule has 4 N–H and O–H groups in total. The molecule has 0 heterocycles. The number of halogens is 5. The lowest BCUT2D eigenvalue weighted by Gasteiger charge is -2.38. The number of nitrogens with one attached hydrogen (secondary N) is 3. The van der Waals surface area contributed by atoms with Crippen LogP contribution in [0.5, 0.6) is 5.75 Å². The summed E-state index contributed by atoms with van der Waals surface area (Å²) in [5, 5.41) is 18.3. The van der Waals surface area contributed by atoms with Gasteiger partial charge in [-0.25, -0.2) is 9.59 Å². The zero-order valence-electron chi connectivity index (χ0n) is 21.7. The predicted molar refractivity (Wildman–Crippen MR) is 150 cm³/mol. The zero-order valence-corrected chi connectivity index (χ0v) is 23.2. The molecule has 3 aromatic rings. The molecule has 41 heavy (non-hydrogen) atoms. The fourth-order valence-corrected chi connectivity index (χ4v) is 5.61. The second kappa shape index (κ2) is 12.0. The first-order chi connectivity index (χ1) is 19.3. The number of carboxylic acid groups (broad SMARTS) is 1. The zero-order chi connectivity index (χ0) is 29.9. The average molecular weight is 612 g/mol. The normalized spacial score (nSPS) is 15.6. The smallest absolute Gasteiger partial charge is 0.480 e. The highest BCUT2D eigenvalue weighted by atomic mass is 35.5. The molecule has 3 amide bonds. The third kappa shape index (κ3) is 7.34. The molecule has 0 unspecified atom stereocenters. The van der Waals surface area contributed by atoms with Gasteiger partial charge in [0.15, 0.2) is 0 Å². The summed E-state index contributed by atoms with van der Waals surface area (Å²) in [6.07, 6.45) is -0.982. The van der Waals surface area contributed by atoms with Crippen molar-refractivity contribution in [2.24, 2.45) is 5.41 Å². The molecule has 8 nitrogen and oxygen atoms in total. The molecule has 218 valence electrons. The van der Waals surface area contributed by atoms with E-state index >= 15 is 0 Å². The van der Waals surface area contributed by atoms with Crippen molar-refractivity contribution in [3.8, 4) is 5.75 Å². The van der Waals surface area contributed by atoms with Crippen molar-refractivity contribution in [2.45, 2.75) is 51.4 Å². The minimum Gasteiger partial charge on any atom is -0.480 e. The van der Waals surface area contributed by atoms with E-state index in [1.54, 1.807) is 30.3 Å². The van der Waals surface area contributed by atoms with Crippen molar-refractivity contribution < 1.29 is 37.4 Å². The number of aliphatic carboxylic acids is 1. The molecule has 1 aliphatic carbocycles. The number of rotatable bonds is 7. The summed E-state index contributed by atoms with van der Waals surface area (Å²) in [4.78, 5) is 38.7. The third-order valence-electron chi connectivity index (χ3n) is 7.08. The Morgan fingerprint density at radius 3 is 2.10 bits per heavy atom. The van der Waals surface area contributed by atoms with Crippen LogP contribution in [-0.2, 0) is 4.79 Å². The van der Waals surface area contributed by atoms with Gasteiger partial charge >= 0.3 is 18.4 Å². The molecular weight excluding hydrogens is 586 g/mol. The minimum absolute atomic E-state index is 0.00984. The van der Waals surface area contributed by atoms with Crippen LogP contribution in [0.4, 0.5) is 29.3 Å². The Morgan fingerprint density at radius 1 is 0.951 bits per heavy atom. The highest BCUT2D eigenvalue weighted by Gasteiger charge is 2.41. The largest absolute Gasteiger partial charge is 0.573 e. The molecule has 1 aliphatic rings. The van der Waals surface area contributed by atoms with Gasteiger partial charge in [0.2, 0.25) is 0 Å². The summed E-state index contributed by atoms with van der Waals surface area (Å²) in [5.41, 5.74) is -0.767. The molecule has 0 spiro atoms. The first kappa shape index (κ1) is 30.3. The first-order valence-electron chi connectivity index (χ1n) is 12.6. The number of hydrogen-bond donors (Lipinski definition) is 4. The van der Waals surface area contributed by atoms with E-state index in [9.17, 15) is 32.7 Å². The van der Waals surface area contributed by atoms with Gasteiger partial charge in [-0.1, -0.05) is 73.7 Å². The lowest BCUT2D eigenvalue weighted by Crippen LogP contribution is -2.52. The van der Waals surface area contributed by atoms with Gasteiger partial charge in [0.1, 0.15) is 11.8 Å². The molecule has 1 atom stereocenters. The van der Waals surface area contributed by atoms with Crippen molar-refractivity contribution in [3.63, 3.8) is 0 Å². The van der Waals surface area contributed by atoms with Crippen LogP contribution in [0.1, 0.15) is 49.4 Å². The van der Waals surface area contributed by atoms with Gasteiger partial charge in [0.05, 0.1) is 27.0 Å². The number of amides is 3. The minimum atomic E-state index is -4.97. The van der Waals surface area contributed by atoms with Crippen LogP contribution >= 0.6 is 23.2 Å².